The van der Waals surface area contributed by atoms with E-state index in [0.717, 1.165) is 52.0 Å². The molecule has 1 amide bonds. The normalized spacial score (nSPS) is 25.8. The number of carbonyl (C=O) groups excluding carboxylic acids is 1. The highest BCUT2D eigenvalue weighted by molar-refractivity contribution is 5.82. The molecule has 24 heavy (non-hydrogen) atoms. The van der Waals surface area contributed by atoms with Crippen LogP contribution in [0, 0.1) is 5.41 Å². The summed E-state index contributed by atoms with van der Waals surface area (Å²) in [7, 11) is 0. The number of benzene rings is 1. The van der Waals surface area contributed by atoms with Gasteiger partial charge in [0.15, 0.2) is 0 Å². The van der Waals surface area contributed by atoms with Gasteiger partial charge >= 0.3 is 0 Å². The molecule has 132 valence electrons. The van der Waals surface area contributed by atoms with Crippen LogP contribution >= 0.6 is 0 Å². The lowest BCUT2D eigenvalue weighted by atomic mass is 9.88. The number of nitrogens with one attached hydrogen (secondary N) is 2. The van der Waals surface area contributed by atoms with Crippen molar-refractivity contribution in [1.29, 1.82) is 0 Å². The number of hydrogen-bond acceptors (Lipinski definition) is 4. The molecule has 3 N–H and O–H groups in total. The van der Waals surface area contributed by atoms with E-state index in [2.05, 4.69) is 33.7 Å². The Labute approximate surface area is 144 Å². The zero-order chi connectivity index (χ0) is 17.0. The lowest BCUT2D eigenvalue weighted by molar-refractivity contribution is -0.129. The third kappa shape index (κ3) is 4.15. The second-order valence-corrected chi connectivity index (χ2v) is 7.45. The molecule has 0 saturated carbocycles. The van der Waals surface area contributed by atoms with Gasteiger partial charge in [0.2, 0.25) is 5.91 Å². The number of likely N-dealkylation sites (tertiary alicyclic amines) is 1. The van der Waals surface area contributed by atoms with Crippen LogP contribution in [-0.4, -0.2) is 48.2 Å². The molecule has 2 fully saturated rings. The molecular weight excluding hydrogens is 302 g/mol. The van der Waals surface area contributed by atoms with Gasteiger partial charge < -0.3 is 15.7 Å². The fourth-order valence-electron chi connectivity index (χ4n) is 3.60. The Balaban J connectivity index is 1.58. The fourth-order valence-corrected chi connectivity index (χ4v) is 3.60. The number of piperidine rings is 1. The molecule has 2 heterocycles. The SMILES string of the molecule is C[C@@]1(C(=O)NCc2ccccc2CN2CCC(O)CC2)CCNC1. The van der Waals surface area contributed by atoms with Crippen LogP contribution in [0.15, 0.2) is 24.3 Å². The van der Waals surface area contributed by atoms with Gasteiger partial charge in [-0.15, -0.1) is 0 Å². The van der Waals surface area contributed by atoms with Gasteiger partial charge in [-0.2, -0.15) is 0 Å². The highest BCUT2D eigenvalue weighted by Crippen LogP contribution is 2.25. The average molecular weight is 331 g/mol. The molecule has 0 aliphatic carbocycles. The molecule has 3 rings (SSSR count). The number of aliphatic hydroxyl groups excluding tert-OH is 1. The second-order valence-electron chi connectivity index (χ2n) is 7.45. The first-order valence-corrected chi connectivity index (χ1v) is 9.03. The monoisotopic (exact) mass is 331 g/mol. The topological polar surface area (TPSA) is 64.6 Å². The molecule has 1 atom stereocenters. The van der Waals surface area contributed by atoms with Crippen LogP contribution in [0.5, 0.6) is 0 Å². The Hall–Kier alpha value is -1.43. The summed E-state index contributed by atoms with van der Waals surface area (Å²) in [6.07, 6.45) is 2.46. The van der Waals surface area contributed by atoms with Crippen LogP contribution < -0.4 is 10.6 Å². The minimum atomic E-state index is -0.280. The third-order valence-electron chi connectivity index (χ3n) is 5.43. The van der Waals surface area contributed by atoms with E-state index in [9.17, 15) is 9.90 Å². The van der Waals surface area contributed by atoms with Gasteiger partial charge in [0.25, 0.3) is 0 Å². The Morgan fingerprint density at radius 3 is 2.71 bits per heavy atom. The molecular formula is C19H29N3O2. The van der Waals surface area contributed by atoms with Crippen LogP contribution in [0.3, 0.4) is 0 Å². The van der Waals surface area contributed by atoms with Crippen molar-refractivity contribution < 1.29 is 9.90 Å². The summed E-state index contributed by atoms with van der Waals surface area (Å²) in [6.45, 7) is 7.06. The smallest absolute Gasteiger partial charge is 0.227 e. The standard InChI is InChI=1S/C19H29N3O2/c1-19(8-9-20-14-19)18(24)21-12-15-4-2-3-5-16(15)13-22-10-6-17(23)7-11-22/h2-5,17,20,23H,6-14H2,1H3,(H,21,24)/t19-/m1/s1. The highest BCUT2D eigenvalue weighted by atomic mass is 16.3. The van der Waals surface area contributed by atoms with E-state index in [-0.39, 0.29) is 17.4 Å². The van der Waals surface area contributed by atoms with E-state index in [4.69, 9.17) is 0 Å². The van der Waals surface area contributed by atoms with Crippen molar-refractivity contribution in [2.24, 2.45) is 5.41 Å². The van der Waals surface area contributed by atoms with Crippen molar-refractivity contribution in [2.45, 2.75) is 45.4 Å². The maximum atomic E-state index is 12.5. The van der Waals surface area contributed by atoms with Crippen LogP contribution in [0.25, 0.3) is 0 Å². The van der Waals surface area contributed by atoms with Crippen molar-refractivity contribution in [3.05, 3.63) is 35.4 Å². The zero-order valence-electron chi connectivity index (χ0n) is 14.6. The first-order valence-electron chi connectivity index (χ1n) is 9.03. The predicted octanol–water partition coefficient (Wildman–Crippen LogP) is 1.26. The summed E-state index contributed by atoms with van der Waals surface area (Å²) in [6, 6.07) is 8.33. The van der Waals surface area contributed by atoms with Crippen LogP contribution in [0.4, 0.5) is 0 Å². The summed E-state index contributed by atoms with van der Waals surface area (Å²) in [5, 5.41) is 16.0. The molecule has 2 aliphatic heterocycles. The van der Waals surface area contributed by atoms with E-state index in [0.29, 0.717) is 6.54 Å². The first kappa shape index (κ1) is 17.4. The molecule has 0 aromatic heterocycles. The summed E-state index contributed by atoms with van der Waals surface area (Å²) in [5.74, 6) is 0.142. The predicted molar refractivity (Wildman–Crippen MR) is 94.4 cm³/mol. The summed E-state index contributed by atoms with van der Waals surface area (Å²) < 4.78 is 0. The minimum absolute atomic E-state index is 0.142. The van der Waals surface area contributed by atoms with Gasteiger partial charge in [-0.25, -0.2) is 0 Å². The lowest BCUT2D eigenvalue weighted by Gasteiger charge is -2.30. The molecule has 2 aliphatic rings. The lowest BCUT2D eigenvalue weighted by Crippen LogP contribution is -2.40. The van der Waals surface area contributed by atoms with Crippen molar-refractivity contribution >= 4 is 5.91 Å². The number of aliphatic hydroxyl groups is 1. The maximum absolute atomic E-state index is 12.5. The quantitative estimate of drug-likeness (QED) is 0.760. The van der Waals surface area contributed by atoms with Gasteiger partial charge in [-0.1, -0.05) is 24.3 Å². The average Bonchev–Trinajstić information content (AvgIpc) is 3.04. The Morgan fingerprint density at radius 2 is 2.04 bits per heavy atom. The summed E-state index contributed by atoms with van der Waals surface area (Å²) in [4.78, 5) is 14.9. The molecule has 5 heteroatoms. The van der Waals surface area contributed by atoms with Gasteiger partial charge in [0, 0.05) is 32.7 Å². The highest BCUT2D eigenvalue weighted by Gasteiger charge is 2.36. The first-order chi connectivity index (χ1) is 11.6. The molecule has 5 nitrogen and oxygen atoms in total. The molecule has 2 saturated heterocycles. The van der Waals surface area contributed by atoms with Gasteiger partial charge in [0.1, 0.15) is 0 Å². The molecule has 0 unspecified atom stereocenters. The number of hydrogen-bond donors (Lipinski definition) is 3. The zero-order valence-corrected chi connectivity index (χ0v) is 14.6. The Morgan fingerprint density at radius 1 is 1.33 bits per heavy atom. The number of nitrogens with zero attached hydrogens (tertiary/aromatic N) is 1. The fraction of sp³-hybridized carbons (Fsp3) is 0.632. The third-order valence-corrected chi connectivity index (χ3v) is 5.43. The van der Waals surface area contributed by atoms with Crippen molar-refractivity contribution in [1.82, 2.24) is 15.5 Å². The van der Waals surface area contributed by atoms with E-state index < -0.39 is 0 Å². The van der Waals surface area contributed by atoms with Gasteiger partial charge in [-0.3, -0.25) is 9.69 Å². The van der Waals surface area contributed by atoms with E-state index in [1.54, 1.807) is 0 Å². The van der Waals surface area contributed by atoms with Crippen LogP contribution in [0.1, 0.15) is 37.3 Å². The van der Waals surface area contributed by atoms with Gasteiger partial charge in [-0.05, 0) is 43.9 Å². The molecule has 1 aromatic rings. The molecule has 0 radical (unpaired) electrons. The van der Waals surface area contributed by atoms with Crippen LogP contribution in [-0.2, 0) is 17.9 Å². The largest absolute Gasteiger partial charge is 0.393 e. The number of rotatable bonds is 5. The van der Waals surface area contributed by atoms with E-state index >= 15 is 0 Å². The summed E-state index contributed by atoms with van der Waals surface area (Å²) >= 11 is 0. The van der Waals surface area contributed by atoms with Gasteiger partial charge in [0.05, 0.1) is 11.5 Å². The Kier molecular flexibility index (Phi) is 5.54. The Bertz CT molecular complexity index is 561. The summed E-state index contributed by atoms with van der Waals surface area (Å²) in [5.41, 5.74) is 2.17. The van der Waals surface area contributed by atoms with Crippen molar-refractivity contribution in [3.63, 3.8) is 0 Å². The molecule has 0 spiro atoms. The second kappa shape index (κ2) is 7.64. The van der Waals surface area contributed by atoms with E-state index in [1.165, 1.54) is 11.1 Å². The van der Waals surface area contributed by atoms with Crippen molar-refractivity contribution in [2.75, 3.05) is 26.2 Å². The molecule has 1 aromatic carbocycles. The van der Waals surface area contributed by atoms with Crippen LogP contribution in [0.2, 0.25) is 0 Å². The number of carbonyl (C=O) groups is 1. The maximum Gasteiger partial charge on any atom is 0.227 e. The number of amides is 1. The molecule has 0 bridgehead atoms. The minimum Gasteiger partial charge on any atom is -0.393 e. The van der Waals surface area contributed by atoms with Crippen molar-refractivity contribution in [3.8, 4) is 0 Å². The van der Waals surface area contributed by atoms with E-state index in [1.807, 2.05) is 13.0 Å².